The van der Waals surface area contributed by atoms with Gasteiger partial charge in [-0.2, -0.15) is 5.26 Å². The molecule has 1 fully saturated rings. The van der Waals surface area contributed by atoms with Crippen molar-refractivity contribution in [3.8, 4) is 28.7 Å². The highest BCUT2D eigenvalue weighted by atomic mass is 16.2. The molecular weight excluding hydrogens is 466 g/mol. The van der Waals surface area contributed by atoms with Gasteiger partial charge in [-0.25, -0.2) is 24.9 Å². The summed E-state index contributed by atoms with van der Waals surface area (Å²) in [6.45, 7) is 6.90. The Balaban J connectivity index is 1.43. The van der Waals surface area contributed by atoms with Crippen molar-refractivity contribution in [3.05, 3.63) is 48.3 Å². The third-order valence-corrected chi connectivity index (χ3v) is 7.75. The number of amides is 1. The van der Waals surface area contributed by atoms with Gasteiger partial charge in [0.15, 0.2) is 5.65 Å². The topological polar surface area (TPSA) is 134 Å². The quantitative estimate of drug-likeness (QED) is 0.415. The Labute approximate surface area is 214 Å². The van der Waals surface area contributed by atoms with Gasteiger partial charge in [0.25, 0.3) is 0 Å². The van der Waals surface area contributed by atoms with Crippen molar-refractivity contribution in [1.29, 1.82) is 5.26 Å². The molecular formula is C27H27N9O. The predicted molar refractivity (Wildman–Crippen MR) is 138 cm³/mol. The Bertz CT molecular complexity index is 1580. The molecule has 1 aromatic carbocycles. The summed E-state index contributed by atoms with van der Waals surface area (Å²) in [5.41, 5.74) is 3.95. The molecule has 4 heterocycles. The van der Waals surface area contributed by atoms with E-state index in [0.29, 0.717) is 30.1 Å². The van der Waals surface area contributed by atoms with Gasteiger partial charge in [0, 0.05) is 42.3 Å². The molecule has 0 unspecified atom stereocenters. The fourth-order valence-corrected chi connectivity index (χ4v) is 5.21. The Hall–Kier alpha value is -4.23. The van der Waals surface area contributed by atoms with Crippen LogP contribution in [0.5, 0.6) is 0 Å². The van der Waals surface area contributed by atoms with Gasteiger partial charge >= 0.3 is 0 Å². The summed E-state index contributed by atoms with van der Waals surface area (Å²) in [6, 6.07) is 8.28. The van der Waals surface area contributed by atoms with Crippen LogP contribution < -0.4 is 10.6 Å². The average Bonchev–Trinajstić information content (AvgIpc) is 3.38. The molecule has 2 N–H and O–H groups in total. The van der Waals surface area contributed by atoms with E-state index >= 15 is 0 Å². The molecule has 10 heteroatoms. The second-order valence-corrected chi connectivity index (χ2v) is 10.0. The zero-order valence-corrected chi connectivity index (χ0v) is 21.0. The van der Waals surface area contributed by atoms with E-state index in [1.807, 2.05) is 43.5 Å². The summed E-state index contributed by atoms with van der Waals surface area (Å²) in [4.78, 5) is 35.8. The Morgan fingerprint density at radius 2 is 1.95 bits per heavy atom. The van der Waals surface area contributed by atoms with E-state index in [1.54, 1.807) is 18.7 Å². The van der Waals surface area contributed by atoms with Crippen molar-refractivity contribution in [2.24, 2.45) is 5.41 Å². The van der Waals surface area contributed by atoms with Gasteiger partial charge in [-0.15, -0.1) is 0 Å². The summed E-state index contributed by atoms with van der Waals surface area (Å²) in [5.74, 6) is 1.29. The molecule has 1 atom stereocenters. The largest absolute Gasteiger partial charge is 0.324 e. The summed E-state index contributed by atoms with van der Waals surface area (Å²) in [6.07, 6.45) is 7.83. The lowest BCUT2D eigenvalue weighted by Crippen LogP contribution is -2.51. The number of anilines is 1. The minimum atomic E-state index is -0.954. The standard InChI is InChI=1S/C27H27N9O/c1-4-36-23(18-11-29-16(2)30-12-18)35-22-21(31-15-32-24(22)36)17-6-7-20-19(10-17)26(3,25(37)34-20)33-14-27(13-28)8-5-9-27/h6-7,10-12,15,33H,4-5,8-9,14H2,1-3H3,(H,34,37)/t26-/m1/s1. The molecule has 0 radical (unpaired) electrons. The van der Waals surface area contributed by atoms with E-state index in [9.17, 15) is 10.1 Å². The minimum absolute atomic E-state index is 0.128. The van der Waals surface area contributed by atoms with Crippen molar-refractivity contribution in [3.63, 3.8) is 0 Å². The van der Waals surface area contributed by atoms with Gasteiger partial charge in [0.05, 0.1) is 17.0 Å². The highest BCUT2D eigenvalue weighted by Gasteiger charge is 2.46. The van der Waals surface area contributed by atoms with Gasteiger partial charge in [0.2, 0.25) is 5.91 Å². The normalized spacial score (nSPS) is 19.8. The Morgan fingerprint density at radius 1 is 1.16 bits per heavy atom. The number of nitrogens with one attached hydrogen (secondary N) is 2. The number of benzene rings is 1. The molecule has 4 aromatic rings. The van der Waals surface area contributed by atoms with Crippen LogP contribution in [0.3, 0.4) is 0 Å². The number of hydrogen-bond acceptors (Lipinski definition) is 8. The van der Waals surface area contributed by atoms with Crippen molar-refractivity contribution in [2.45, 2.75) is 52.1 Å². The highest BCUT2D eigenvalue weighted by Crippen LogP contribution is 2.43. The molecule has 2 aliphatic rings. The Kier molecular flexibility index (Phi) is 5.28. The van der Waals surface area contributed by atoms with Crippen LogP contribution in [0, 0.1) is 23.7 Å². The number of rotatable bonds is 6. The van der Waals surface area contributed by atoms with Crippen LogP contribution in [-0.2, 0) is 16.9 Å². The zero-order valence-electron chi connectivity index (χ0n) is 21.0. The van der Waals surface area contributed by atoms with E-state index in [2.05, 4.69) is 36.6 Å². The second kappa shape index (κ2) is 8.42. The van der Waals surface area contributed by atoms with Gasteiger partial charge in [-0.05, 0) is 45.7 Å². The fraction of sp³-hybridized carbons (Fsp3) is 0.370. The van der Waals surface area contributed by atoms with Gasteiger partial charge in [-0.1, -0.05) is 12.5 Å². The monoisotopic (exact) mass is 493 g/mol. The first-order valence-electron chi connectivity index (χ1n) is 12.5. The molecule has 0 saturated heterocycles. The smallest absolute Gasteiger partial charge is 0.249 e. The van der Waals surface area contributed by atoms with E-state index < -0.39 is 11.0 Å². The molecule has 186 valence electrons. The van der Waals surface area contributed by atoms with Crippen molar-refractivity contribution in [1.82, 2.24) is 34.8 Å². The first-order valence-corrected chi connectivity index (χ1v) is 12.5. The van der Waals surface area contributed by atoms with E-state index in [1.165, 1.54) is 0 Å². The summed E-state index contributed by atoms with van der Waals surface area (Å²) >= 11 is 0. The van der Waals surface area contributed by atoms with E-state index in [4.69, 9.17) is 4.98 Å². The van der Waals surface area contributed by atoms with Crippen LogP contribution in [0.2, 0.25) is 0 Å². The average molecular weight is 494 g/mol. The lowest BCUT2D eigenvalue weighted by molar-refractivity contribution is -0.121. The number of hydrogen-bond donors (Lipinski definition) is 2. The molecule has 1 amide bonds. The molecule has 1 aliphatic heterocycles. The number of imidazole rings is 1. The van der Waals surface area contributed by atoms with Gasteiger partial charge in [-0.3, -0.25) is 10.1 Å². The number of carbonyl (C=O) groups is 1. The Morgan fingerprint density at radius 3 is 2.62 bits per heavy atom. The van der Waals surface area contributed by atoms with E-state index in [0.717, 1.165) is 53.1 Å². The number of nitrogens with zero attached hydrogens (tertiary/aromatic N) is 7. The maximum Gasteiger partial charge on any atom is 0.249 e. The van der Waals surface area contributed by atoms with Crippen LogP contribution in [0.15, 0.2) is 36.9 Å². The lowest BCUT2D eigenvalue weighted by atomic mass is 9.69. The number of nitriles is 1. The maximum atomic E-state index is 13.1. The van der Waals surface area contributed by atoms with Crippen molar-refractivity contribution in [2.75, 3.05) is 11.9 Å². The number of aryl methyl sites for hydroxylation is 2. The molecule has 0 bridgehead atoms. The van der Waals surface area contributed by atoms with Crippen LogP contribution in [0.4, 0.5) is 5.69 Å². The molecule has 37 heavy (non-hydrogen) atoms. The summed E-state index contributed by atoms with van der Waals surface area (Å²) < 4.78 is 2.03. The number of aromatic nitrogens is 6. The lowest BCUT2D eigenvalue weighted by Gasteiger charge is -2.38. The molecule has 6 rings (SSSR count). The minimum Gasteiger partial charge on any atom is -0.324 e. The highest BCUT2D eigenvalue weighted by molar-refractivity contribution is 6.06. The van der Waals surface area contributed by atoms with Crippen LogP contribution >= 0.6 is 0 Å². The molecule has 0 spiro atoms. The predicted octanol–water partition coefficient (Wildman–Crippen LogP) is 3.73. The first kappa shape index (κ1) is 23.2. The SMILES string of the molecule is CCn1c(-c2cnc(C)nc2)nc2c(-c3ccc4c(c3)[C@@](C)(NCC3(C#N)CCC3)C(=O)N4)ncnc21. The molecule has 1 aliphatic carbocycles. The van der Waals surface area contributed by atoms with E-state index in [-0.39, 0.29) is 5.91 Å². The molecule has 3 aromatic heterocycles. The third kappa shape index (κ3) is 3.57. The van der Waals surface area contributed by atoms with Gasteiger partial charge < -0.3 is 9.88 Å². The maximum absolute atomic E-state index is 13.1. The number of fused-ring (bicyclic) bond motifs is 2. The van der Waals surface area contributed by atoms with Gasteiger partial charge in [0.1, 0.15) is 34.7 Å². The molecule has 10 nitrogen and oxygen atoms in total. The summed E-state index contributed by atoms with van der Waals surface area (Å²) in [5, 5.41) is 16.1. The van der Waals surface area contributed by atoms with Crippen LogP contribution in [-0.4, -0.2) is 41.9 Å². The fourth-order valence-electron chi connectivity index (χ4n) is 5.21. The number of carbonyl (C=O) groups excluding carboxylic acids is 1. The summed E-state index contributed by atoms with van der Waals surface area (Å²) in [7, 11) is 0. The zero-order chi connectivity index (χ0) is 25.8. The second-order valence-electron chi connectivity index (χ2n) is 10.0. The molecule has 1 saturated carbocycles. The van der Waals surface area contributed by atoms with Crippen LogP contribution in [0.1, 0.15) is 44.5 Å². The van der Waals surface area contributed by atoms with Crippen LogP contribution in [0.25, 0.3) is 33.8 Å². The third-order valence-electron chi connectivity index (χ3n) is 7.75. The first-order chi connectivity index (χ1) is 17.9. The van der Waals surface area contributed by atoms with Crippen molar-refractivity contribution < 1.29 is 4.79 Å². The van der Waals surface area contributed by atoms with Crippen molar-refractivity contribution >= 4 is 22.8 Å².